The zero-order valence-electron chi connectivity index (χ0n) is 12.5. The third kappa shape index (κ3) is 3.41. The Balaban J connectivity index is 2.36. The maximum atomic E-state index is 11.7. The molecule has 114 valence electrons. The number of hydrogen-bond donors (Lipinski definition) is 1. The maximum Gasteiger partial charge on any atom is 0.354 e. The fourth-order valence-corrected chi connectivity index (χ4v) is 1.96. The minimum absolute atomic E-state index is 0.0126. The van der Waals surface area contributed by atoms with Crippen molar-refractivity contribution in [2.45, 2.75) is 6.92 Å². The van der Waals surface area contributed by atoms with Gasteiger partial charge in [0.25, 0.3) is 0 Å². The molecule has 0 radical (unpaired) electrons. The topological polar surface area (TPSA) is 77.5 Å². The van der Waals surface area contributed by atoms with Crippen LogP contribution in [-0.4, -0.2) is 31.1 Å². The van der Waals surface area contributed by atoms with Crippen molar-refractivity contribution in [3.8, 4) is 0 Å². The van der Waals surface area contributed by atoms with Crippen LogP contribution in [0.25, 0.3) is 10.9 Å². The van der Waals surface area contributed by atoms with E-state index in [4.69, 9.17) is 0 Å². The average molecular weight is 300 g/mol. The van der Waals surface area contributed by atoms with E-state index < -0.39 is 11.9 Å². The number of hydrogen-bond acceptors (Lipinski definition) is 6. The summed E-state index contributed by atoms with van der Waals surface area (Å²) in [5, 5.41) is 3.87. The number of aryl methyl sites for hydroxylation is 1. The van der Waals surface area contributed by atoms with Gasteiger partial charge in [0.05, 0.1) is 25.8 Å². The van der Waals surface area contributed by atoms with Crippen LogP contribution >= 0.6 is 0 Å². The molecule has 0 saturated heterocycles. The van der Waals surface area contributed by atoms with Gasteiger partial charge in [-0.25, -0.2) is 9.59 Å². The van der Waals surface area contributed by atoms with Crippen LogP contribution in [0.5, 0.6) is 0 Å². The number of carbonyl (C=O) groups excluding carboxylic acids is 2. The van der Waals surface area contributed by atoms with Gasteiger partial charge in [-0.15, -0.1) is 0 Å². The van der Waals surface area contributed by atoms with Gasteiger partial charge in [-0.2, -0.15) is 0 Å². The normalized spacial score (nSPS) is 11.1. The minimum Gasteiger partial charge on any atom is -0.466 e. The zero-order valence-corrected chi connectivity index (χ0v) is 12.5. The van der Waals surface area contributed by atoms with Gasteiger partial charge < -0.3 is 14.8 Å². The van der Waals surface area contributed by atoms with E-state index in [1.54, 1.807) is 18.3 Å². The van der Waals surface area contributed by atoms with E-state index in [0.29, 0.717) is 5.69 Å². The summed E-state index contributed by atoms with van der Waals surface area (Å²) in [4.78, 5) is 27.3. The van der Waals surface area contributed by atoms with E-state index in [2.05, 4.69) is 19.8 Å². The van der Waals surface area contributed by atoms with Crippen molar-refractivity contribution in [1.82, 2.24) is 4.98 Å². The van der Waals surface area contributed by atoms with Gasteiger partial charge in [-0.3, -0.25) is 4.98 Å². The summed E-state index contributed by atoms with van der Waals surface area (Å²) in [6.45, 7) is 1.99. The molecule has 2 rings (SSSR count). The predicted molar refractivity (Wildman–Crippen MR) is 82.2 cm³/mol. The molecule has 0 aliphatic heterocycles. The standard InChI is InChI=1S/C16H16N2O4/c1-10-6-7-17-13-8-11(4-5-12(10)13)18-14(16(20)22-3)9-15(19)21-2/h4-9,18H,1-3H3/b14-9+. The second-order valence-corrected chi connectivity index (χ2v) is 4.56. The van der Waals surface area contributed by atoms with Gasteiger partial charge >= 0.3 is 11.9 Å². The first-order valence-electron chi connectivity index (χ1n) is 6.55. The van der Waals surface area contributed by atoms with Crippen molar-refractivity contribution in [1.29, 1.82) is 0 Å². The predicted octanol–water partition coefficient (Wildman–Crippen LogP) is 2.19. The van der Waals surface area contributed by atoms with Crippen LogP contribution in [-0.2, 0) is 19.1 Å². The lowest BCUT2D eigenvalue weighted by molar-refractivity contribution is -0.138. The summed E-state index contributed by atoms with van der Waals surface area (Å²) >= 11 is 0. The van der Waals surface area contributed by atoms with Crippen LogP contribution in [0, 0.1) is 6.92 Å². The molecule has 6 heteroatoms. The number of rotatable bonds is 4. The number of fused-ring (bicyclic) bond motifs is 1. The molecule has 2 aromatic rings. The Morgan fingerprint density at radius 2 is 1.95 bits per heavy atom. The summed E-state index contributed by atoms with van der Waals surface area (Å²) in [5.74, 6) is -1.31. The van der Waals surface area contributed by atoms with E-state index in [0.717, 1.165) is 22.5 Å². The number of carbonyl (C=O) groups is 2. The summed E-state index contributed by atoms with van der Waals surface area (Å²) in [6.07, 6.45) is 2.76. The van der Waals surface area contributed by atoms with Crippen LogP contribution in [0.1, 0.15) is 5.56 Å². The number of nitrogens with one attached hydrogen (secondary N) is 1. The smallest absolute Gasteiger partial charge is 0.354 e. The molecule has 0 atom stereocenters. The number of benzene rings is 1. The third-order valence-electron chi connectivity index (χ3n) is 3.11. The van der Waals surface area contributed by atoms with Crippen molar-refractivity contribution < 1.29 is 19.1 Å². The Hall–Kier alpha value is -2.89. The Bertz CT molecular complexity index is 753. The summed E-state index contributed by atoms with van der Waals surface area (Å²) in [7, 11) is 2.47. The number of esters is 2. The van der Waals surface area contributed by atoms with Crippen molar-refractivity contribution >= 4 is 28.5 Å². The highest BCUT2D eigenvalue weighted by molar-refractivity contribution is 5.99. The van der Waals surface area contributed by atoms with Crippen LogP contribution in [0.4, 0.5) is 5.69 Å². The molecule has 6 nitrogen and oxygen atoms in total. The quantitative estimate of drug-likeness (QED) is 0.689. The highest BCUT2D eigenvalue weighted by Crippen LogP contribution is 2.21. The molecule has 1 heterocycles. The molecule has 0 fully saturated rings. The van der Waals surface area contributed by atoms with E-state index in [1.807, 2.05) is 19.1 Å². The summed E-state index contributed by atoms with van der Waals surface area (Å²) in [5.41, 5.74) is 2.50. The molecule has 0 bridgehead atoms. The van der Waals surface area contributed by atoms with Crippen molar-refractivity contribution in [2.75, 3.05) is 19.5 Å². The van der Waals surface area contributed by atoms with Gasteiger partial charge in [0.1, 0.15) is 5.70 Å². The first-order valence-corrected chi connectivity index (χ1v) is 6.55. The molecular formula is C16H16N2O4. The largest absolute Gasteiger partial charge is 0.466 e. The summed E-state index contributed by atoms with van der Waals surface area (Å²) < 4.78 is 9.17. The molecule has 22 heavy (non-hydrogen) atoms. The lowest BCUT2D eigenvalue weighted by atomic mass is 10.1. The molecule has 0 unspecified atom stereocenters. The molecule has 0 aliphatic rings. The SMILES string of the molecule is COC(=O)/C=C(/Nc1ccc2c(C)ccnc2c1)C(=O)OC. The van der Waals surface area contributed by atoms with Gasteiger partial charge in [-0.05, 0) is 30.7 Å². The molecular weight excluding hydrogens is 284 g/mol. The van der Waals surface area contributed by atoms with Gasteiger partial charge in [0, 0.05) is 17.3 Å². The summed E-state index contributed by atoms with van der Waals surface area (Å²) in [6, 6.07) is 7.40. The minimum atomic E-state index is -0.664. The number of aromatic nitrogens is 1. The average Bonchev–Trinajstić information content (AvgIpc) is 2.53. The number of nitrogens with zero attached hydrogens (tertiary/aromatic N) is 1. The highest BCUT2D eigenvalue weighted by atomic mass is 16.5. The number of pyridine rings is 1. The molecule has 0 aliphatic carbocycles. The first kappa shape index (κ1) is 15.5. The van der Waals surface area contributed by atoms with E-state index in [-0.39, 0.29) is 5.70 Å². The van der Waals surface area contributed by atoms with E-state index in [9.17, 15) is 9.59 Å². The first-order chi connectivity index (χ1) is 10.5. The Labute approximate surface area is 127 Å². The second-order valence-electron chi connectivity index (χ2n) is 4.56. The van der Waals surface area contributed by atoms with E-state index >= 15 is 0 Å². The zero-order chi connectivity index (χ0) is 16.1. The molecule has 0 spiro atoms. The molecule has 1 aromatic carbocycles. The molecule has 0 saturated carbocycles. The monoisotopic (exact) mass is 300 g/mol. The lowest BCUT2D eigenvalue weighted by Crippen LogP contribution is -2.15. The Morgan fingerprint density at radius 1 is 1.18 bits per heavy atom. The van der Waals surface area contributed by atoms with Crippen LogP contribution in [0.3, 0.4) is 0 Å². The highest BCUT2D eigenvalue weighted by Gasteiger charge is 2.13. The van der Waals surface area contributed by atoms with Gasteiger partial charge in [0.15, 0.2) is 0 Å². The molecule has 1 N–H and O–H groups in total. The second kappa shape index (κ2) is 6.71. The fraction of sp³-hybridized carbons (Fsp3) is 0.188. The van der Waals surface area contributed by atoms with Crippen molar-refractivity contribution in [3.63, 3.8) is 0 Å². The van der Waals surface area contributed by atoms with Crippen LogP contribution < -0.4 is 5.32 Å². The molecule has 0 amide bonds. The van der Waals surface area contributed by atoms with Crippen molar-refractivity contribution in [2.24, 2.45) is 0 Å². The number of anilines is 1. The van der Waals surface area contributed by atoms with E-state index in [1.165, 1.54) is 14.2 Å². The van der Waals surface area contributed by atoms with Crippen LogP contribution in [0.15, 0.2) is 42.2 Å². The Kier molecular flexibility index (Phi) is 4.73. The van der Waals surface area contributed by atoms with Gasteiger partial charge in [0.2, 0.25) is 0 Å². The lowest BCUT2D eigenvalue weighted by Gasteiger charge is -2.10. The number of ether oxygens (including phenoxy) is 2. The van der Waals surface area contributed by atoms with Crippen LogP contribution in [0.2, 0.25) is 0 Å². The van der Waals surface area contributed by atoms with Crippen molar-refractivity contribution in [3.05, 3.63) is 47.8 Å². The van der Waals surface area contributed by atoms with Gasteiger partial charge in [-0.1, -0.05) is 6.07 Å². The third-order valence-corrected chi connectivity index (χ3v) is 3.11. The fourth-order valence-electron chi connectivity index (χ4n) is 1.96. The molecule has 1 aromatic heterocycles. The number of methoxy groups -OCH3 is 2. The Morgan fingerprint density at radius 3 is 2.64 bits per heavy atom. The maximum absolute atomic E-state index is 11.7.